The molecule has 17 heavy (non-hydrogen) atoms. The Balaban J connectivity index is 2.39. The van der Waals surface area contributed by atoms with E-state index in [0.29, 0.717) is 4.90 Å². The van der Waals surface area contributed by atoms with E-state index in [-0.39, 0.29) is 16.9 Å². The van der Waals surface area contributed by atoms with Crippen molar-refractivity contribution in [1.29, 1.82) is 0 Å². The third kappa shape index (κ3) is 5.50. The van der Waals surface area contributed by atoms with Gasteiger partial charge in [0.2, 0.25) is 0 Å². The van der Waals surface area contributed by atoms with Crippen LogP contribution in [0, 0.1) is 11.6 Å². The molecule has 4 heteroatoms. The fourth-order valence-corrected chi connectivity index (χ4v) is 2.43. The zero-order valence-corrected chi connectivity index (χ0v) is 11.1. The van der Waals surface area contributed by atoms with Gasteiger partial charge in [0.25, 0.3) is 0 Å². The second kappa shape index (κ2) is 7.67. The highest BCUT2D eigenvalue weighted by Crippen LogP contribution is 2.26. The van der Waals surface area contributed by atoms with Crippen LogP contribution in [0.4, 0.5) is 8.78 Å². The van der Waals surface area contributed by atoms with Gasteiger partial charge in [0, 0.05) is 16.7 Å². The monoisotopic (exact) mass is 259 g/mol. The van der Waals surface area contributed by atoms with E-state index in [1.807, 2.05) is 6.92 Å². The maximum atomic E-state index is 13.4. The van der Waals surface area contributed by atoms with E-state index >= 15 is 0 Å². The van der Waals surface area contributed by atoms with Gasteiger partial charge in [-0.15, -0.1) is 11.8 Å². The molecule has 0 radical (unpaired) electrons. The third-order valence-corrected chi connectivity index (χ3v) is 3.50. The van der Waals surface area contributed by atoms with Crippen molar-refractivity contribution in [3.05, 3.63) is 29.8 Å². The van der Waals surface area contributed by atoms with Crippen molar-refractivity contribution in [2.24, 2.45) is 0 Å². The number of thioether (sulfide) groups is 1. The zero-order chi connectivity index (χ0) is 12.7. The number of halogens is 2. The first kappa shape index (κ1) is 14.5. The van der Waals surface area contributed by atoms with Crippen LogP contribution in [-0.2, 0) is 0 Å². The molecule has 0 saturated carbocycles. The Kier molecular flexibility index (Phi) is 6.52. The van der Waals surface area contributed by atoms with Crippen molar-refractivity contribution in [3.8, 4) is 0 Å². The molecular weight excluding hydrogens is 240 g/mol. The van der Waals surface area contributed by atoms with E-state index in [9.17, 15) is 8.78 Å². The number of unbranched alkanes of at least 4 members (excludes halogenated alkanes) is 1. The van der Waals surface area contributed by atoms with Crippen LogP contribution in [0.2, 0.25) is 0 Å². The molecule has 0 aromatic heterocycles. The van der Waals surface area contributed by atoms with Crippen LogP contribution < -0.4 is 5.32 Å². The highest BCUT2D eigenvalue weighted by molar-refractivity contribution is 8.00. The largest absolute Gasteiger partial charge is 0.316 e. The number of benzene rings is 1. The zero-order valence-electron chi connectivity index (χ0n) is 10.3. The molecule has 1 atom stereocenters. The van der Waals surface area contributed by atoms with E-state index in [1.54, 1.807) is 0 Å². The van der Waals surface area contributed by atoms with E-state index in [1.165, 1.54) is 23.9 Å². The van der Waals surface area contributed by atoms with Gasteiger partial charge in [-0.3, -0.25) is 0 Å². The maximum Gasteiger partial charge on any atom is 0.136 e. The molecule has 1 N–H and O–H groups in total. The molecule has 0 fully saturated rings. The summed E-state index contributed by atoms with van der Waals surface area (Å²) >= 11 is 1.36. The normalized spacial score (nSPS) is 12.7. The van der Waals surface area contributed by atoms with Crippen LogP contribution in [0.5, 0.6) is 0 Å². The summed E-state index contributed by atoms with van der Waals surface area (Å²) in [6.07, 6.45) is 2.30. The lowest BCUT2D eigenvalue weighted by Gasteiger charge is -2.12. The topological polar surface area (TPSA) is 12.0 Å². The average Bonchev–Trinajstić information content (AvgIpc) is 2.29. The smallest absolute Gasteiger partial charge is 0.136 e. The fourth-order valence-electron chi connectivity index (χ4n) is 1.43. The summed E-state index contributed by atoms with van der Waals surface area (Å²) in [5.74, 6) is -0.739. The SMILES string of the molecule is CCCCNCC(C)Sc1cc(F)ccc1F. The molecule has 0 spiro atoms. The Morgan fingerprint density at radius 1 is 1.35 bits per heavy atom. The van der Waals surface area contributed by atoms with Gasteiger partial charge >= 0.3 is 0 Å². The molecule has 1 aromatic carbocycles. The number of rotatable bonds is 7. The minimum atomic E-state index is -0.389. The van der Waals surface area contributed by atoms with Gasteiger partial charge in [-0.25, -0.2) is 8.78 Å². The fraction of sp³-hybridized carbons (Fsp3) is 0.538. The van der Waals surface area contributed by atoms with Crippen molar-refractivity contribution >= 4 is 11.8 Å². The number of nitrogens with one attached hydrogen (secondary N) is 1. The molecular formula is C13H19F2NS. The predicted octanol–water partition coefficient (Wildman–Crippen LogP) is 3.84. The predicted molar refractivity (Wildman–Crippen MR) is 69.5 cm³/mol. The van der Waals surface area contributed by atoms with Crippen molar-refractivity contribution in [3.63, 3.8) is 0 Å². The molecule has 0 aliphatic heterocycles. The minimum Gasteiger partial charge on any atom is -0.316 e. The third-order valence-electron chi connectivity index (χ3n) is 2.36. The summed E-state index contributed by atoms with van der Waals surface area (Å²) in [5.41, 5.74) is 0. The first-order valence-corrected chi connectivity index (χ1v) is 6.84. The highest BCUT2D eigenvalue weighted by Gasteiger charge is 2.09. The summed E-state index contributed by atoms with van der Waals surface area (Å²) in [6.45, 7) is 5.93. The molecule has 0 heterocycles. The van der Waals surface area contributed by atoms with Crippen LogP contribution >= 0.6 is 11.8 Å². The molecule has 1 nitrogen and oxygen atoms in total. The Labute approximate surface area is 106 Å². The van der Waals surface area contributed by atoms with Crippen molar-refractivity contribution in [2.45, 2.75) is 36.8 Å². The standard InChI is InChI=1S/C13H19F2NS/c1-3-4-7-16-9-10(2)17-13-8-11(14)5-6-12(13)15/h5-6,8,10,16H,3-4,7,9H2,1-2H3. The Morgan fingerprint density at radius 3 is 2.82 bits per heavy atom. The molecule has 0 bridgehead atoms. The first-order chi connectivity index (χ1) is 8.13. The Hall–Kier alpha value is -0.610. The van der Waals surface area contributed by atoms with Gasteiger partial charge in [-0.05, 0) is 31.2 Å². The van der Waals surface area contributed by atoms with Gasteiger partial charge < -0.3 is 5.32 Å². The van der Waals surface area contributed by atoms with Gasteiger partial charge in [0.1, 0.15) is 11.6 Å². The summed E-state index contributed by atoms with van der Waals surface area (Å²) < 4.78 is 26.3. The summed E-state index contributed by atoms with van der Waals surface area (Å²) in [5, 5.41) is 3.53. The molecule has 0 saturated heterocycles. The average molecular weight is 259 g/mol. The molecule has 1 unspecified atom stereocenters. The quantitative estimate of drug-likeness (QED) is 0.590. The molecule has 0 amide bonds. The molecule has 0 aliphatic carbocycles. The van der Waals surface area contributed by atoms with E-state index < -0.39 is 0 Å². The van der Waals surface area contributed by atoms with Crippen LogP contribution in [0.25, 0.3) is 0 Å². The summed E-state index contributed by atoms with van der Waals surface area (Å²) in [6, 6.07) is 3.57. The molecule has 96 valence electrons. The summed E-state index contributed by atoms with van der Waals surface area (Å²) in [4.78, 5) is 0.384. The lowest BCUT2D eigenvalue weighted by Crippen LogP contribution is -2.23. The molecule has 1 rings (SSSR count). The highest BCUT2D eigenvalue weighted by atomic mass is 32.2. The van der Waals surface area contributed by atoms with Crippen LogP contribution in [0.1, 0.15) is 26.7 Å². The second-order valence-corrected chi connectivity index (χ2v) is 5.54. The van der Waals surface area contributed by atoms with Gasteiger partial charge in [0.05, 0.1) is 0 Å². The van der Waals surface area contributed by atoms with Crippen molar-refractivity contribution in [2.75, 3.05) is 13.1 Å². The lowest BCUT2D eigenvalue weighted by molar-refractivity contribution is 0.576. The van der Waals surface area contributed by atoms with Crippen LogP contribution in [0.15, 0.2) is 23.1 Å². The van der Waals surface area contributed by atoms with Crippen LogP contribution in [-0.4, -0.2) is 18.3 Å². The minimum absolute atomic E-state index is 0.225. The van der Waals surface area contributed by atoms with Crippen molar-refractivity contribution in [1.82, 2.24) is 5.32 Å². The number of hydrogen-bond donors (Lipinski definition) is 1. The maximum absolute atomic E-state index is 13.4. The molecule has 0 aliphatic rings. The molecule has 1 aromatic rings. The number of hydrogen-bond acceptors (Lipinski definition) is 2. The Morgan fingerprint density at radius 2 is 2.12 bits per heavy atom. The van der Waals surface area contributed by atoms with E-state index in [2.05, 4.69) is 12.2 Å². The van der Waals surface area contributed by atoms with Gasteiger partial charge in [0.15, 0.2) is 0 Å². The second-order valence-electron chi connectivity index (χ2n) is 4.06. The Bertz CT molecular complexity index is 344. The summed E-state index contributed by atoms with van der Waals surface area (Å²) in [7, 11) is 0. The van der Waals surface area contributed by atoms with Gasteiger partial charge in [-0.2, -0.15) is 0 Å². The van der Waals surface area contributed by atoms with Gasteiger partial charge in [-0.1, -0.05) is 20.3 Å². The van der Waals surface area contributed by atoms with Crippen molar-refractivity contribution < 1.29 is 8.78 Å². The lowest BCUT2D eigenvalue weighted by atomic mass is 10.3. The first-order valence-electron chi connectivity index (χ1n) is 5.96. The van der Waals surface area contributed by atoms with E-state index in [0.717, 1.165) is 32.0 Å². The van der Waals surface area contributed by atoms with Crippen LogP contribution in [0.3, 0.4) is 0 Å². The van der Waals surface area contributed by atoms with E-state index in [4.69, 9.17) is 0 Å².